The van der Waals surface area contributed by atoms with Crippen LogP contribution in [0.25, 0.3) is 15.9 Å². The second-order valence-electron chi connectivity index (χ2n) is 8.17. The molecule has 4 amide bonds. The molecular weight excluding hydrogens is 473 g/mol. The molecule has 1 saturated heterocycles. The molecule has 0 radical (unpaired) electrons. The Morgan fingerprint density at radius 1 is 1.14 bits per heavy atom. The van der Waals surface area contributed by atoms with E-state index in [4.69, 9.17) is 4.74 Å². The van der Waals surface area contributed by atoms with Crippen LogP contribution in [0.5, 0.6) is 5.75 Å². The van der Waals surface area contributed by atoms with Gasteiger partial charge in [-0.2, -0.15) is 10.1 Å². The van der Waals surface area contributed by atoms with Crippen molar-refractivity contribution < 1.29 is 23.5 Å². The van der Waals surface area contributed by atoms with E-state index in [0.29, 0.717) is 32.5 Å². The number of thiophene rings is 1. The number of methoxy groups -OCH3 is 1. The molecule has 5 rings (SSSR count). The summed E-state index contributed by atoms with van der Waals surface area (Å²) in [5.41, 5.74) is 2.94. The normalized spacial score (nSPS) is 17.7. The number of ether oxygens (including phenoxy) is 1. The van der Waals surface area contributed by atoms with Crippen molar-refractivity contribution in [3.63, 3.8) is 0 Å². The summed E-state index contributed by atoms with van der Waals surface area (Å²) in [5.74, 6) is -0.983. The second-order valence-corrected chi connectivity index (χ2v) is 9.20. The van der Waals surface area contributed by atoms with E-state index >= 15 is 0 Å². The van der Waals surface area contributed by atoms with Gasteiger partial charge in [0.2, 0.25) is 0 Å². The molecule has 35 heavy (non-hydrogen) atoms. The third-order valence-corrected chi connectivity index (χ3v) is 7.02. The van der Waals surface area contributed by atoms with Crippen molar-refractivity contribution in [1.29, 1.82) is 0 Å². The van der Waals surface area contributed by atoms with Crippen LogP contribution in [0.3, 0.4) is 0 Å². The van der Waals surface area contributed by atoms with Crippen LogP contribution in [-0.2, 0) is 10.3 Å². The molecule has 2 aromatic heterocycles. The van der Waals surface area contributed by atoms with Gasteiger partial charge in [-0.05, 0) is 61.9 Å². The van der Waals surface area contributed by atoms with Gasteiger partial charge in [0.1, 0.15) is 21.9 Å². The van der Waals surface area contributed by atoms with Crippen LogP contribution in [-0.4, -0.2) is 39.7 Å². The molecule has 0 bridgehead atoms. The summed E-state index contributed by atoms with van der Waals surface area (Å²) in [6.07, 6.45) is 0. The molecule has 2 N–H and O–H groups in total. The third kappa shape index (κ3) is 3.69. The van der Waals surface area contributed by atoms with Gasteiger partial charge in [-0.1, -0.05) is 12.1 Å². The van der Waals surface area contributed by atoms with Gasteiger partial charge >= 0.3 is 6.03 Å². The number of carbonyl (C=O) groups excluding carboxylic acids is 3. The van der Waals surface area contributed by atoms with Gasteiger partial charge in [-0.15, -0.1) is 11.3 Å². The summed E-state index contributed by atoms with van der Waals surface area (Å²) in [7, 11) is 1.53. The highest BCUT2D eigenvalue weighted by molar-refractivity contribution is 7.20. The van der Waals surface area contributed by atoms with Crippen LogP contribution >= 0.6 is 11.3 Å². The van der Waals surface area contributed by atoms with Gasteiger partial charge in [0.05, 0.1) is 23.4 Å². The fourth-order valence-corrected chi connectivity index (χ4v) is 5.01. The number of imide groups is 1. The highest BCUT2D eigenvalue weighted by Gasteiger charge is 2.50. The van der Waals surface area contributed by atoms with Crippen molar-refractivity contribution in [2.75, 3.05) is 7.11 Å². The maximum atomic E-state index is 13.3. The lowest BCUT2D eigenvalue weighted by Gasteiger charge is -2.22. The zero-order valence-electron chi connectivity index (χ0n) is 19.0. The van der Waals surface area contributed by atoms with E-state index in [1.165, 1.54) is 19.2 Å². The van der Waals surface area contributed by atoms with E-state index in [2.05, 4.69) is 15.8 Å². The number of halogens is 1. The quantitative estimate of drug-likeness (QED) is 0.413. The Kier molecular flexibility index (Phi) is 5.28. The smallest absolute Gasteiger partial charge is 0.344 e. The molecule has 0 spiro atoms. The maximum absolute atomic E-state index is 13.3. The Bertz CT molecular complexity index is 1480. The maximum Gasteiger partial charge on any atom is 0.344 e. The monoisotopic (exact) mass is 493 g/mol. The average molecular weight is 494 g/mol. The van der Waals surface area contributed by atoms with Gasteiger partial charge < -0.3 is 10.1 Å². The molecule has 4 aromatic rings. The molecule has 1 aliphatic rings. The number of hydrogen-bond donors (Lipinski definition) is 2. The number of aromatic nitrogens is 2. The number of benzene rings is 2. The zero-order valence-corrected chi connectivity index (χ0v) is 19.8. The van der Waals surface area contributed by atoms with E-state index in [0.717, 1.165) is 16.7 Å². The predicted molar refractivity (Wildman–Crippen MR) is 127 cm³/mol. The molecule has 0 aliphatic carbocycles. The molecule has 1 fully saturated rings. The summed E-state index contributed by atoms with van der Waals surface area (Å²) >= 11 is 1.15. The summed E-state index contributed by atoms with van der Waals surface area (Å²) in [5, 5.41) is 8.56. The van der Waals surface area contributed by atoms with Gasteiger partial charge in [-0.25, -0.2) is 13.9 Å². The minimum Gasteiger partial charge on any atom is -0.497 e. The van der Waals surface area contributed by atoms with E-state index in [1.807, 2.05) is 0 Å². The Morgan fingerprint density at radius 2 is 1.83 bits per heavy atom. The molecule has 178 valence electrons. The minimum atomic E-state index is -1.35. The fourth-order valence-electron chi connectivity index (χ4n) is 3.93. The number of nitrogens with zero attached hydrogens (tertiary/aromatic N) is 3. The van der Waals surface area contributed by atoms with Crippen LogP contribution in [0.1, 0.15) is 27.9 Å². The lowest BCUT2D eigenvalue weighted by Crippen LogP contribution is -2.47. The summed E-state index contributed by atoms with van der Waals surface area (Å²) in [4.78, 5) is 39.8. The van der Waals surface area contributed by atoms with Crippen molar-refractivity contribution in [1.82, 2.24) is 25.5 Å². The lowest BCUT2D eigenvalue weighted by atomic mass is 9.92. The first-order chi connectivity index (χ1) is 16.7. The van der Waals surface area contributed by atoms with Gasteiger partial charge in [0, 0.05) is 5.39 Å². The lowest BCUT2D eigenvalue weighted by molar-refractivity contribution is -0.132. The standard InChI is InChI=1S/C24H20FN5O4S/c1-13-18-12-19(35-21(18)29(27-13)16-8-6-15(25)7-9-16)20(31)28-30-22(32)24(2,26-23(30)33)14-4-10-17(34-3)11-5-14/h4-12H,1-3H3,(H,26,33)(H,28,31)/t24-/m1/s1. The van der Waals surface area contributed by atoms with Crippen molar-refractivity contribution >= 4 is 39.4 Å². The first-order valence-electron chi connectivity index (χ1n) is 10.6. The molecular formula is C24H20FN5O4S. The van der Waals surface area contributed by atoms with E-state index in [9.17, 15) is 18.8 Å². The summed E-state index contributed by atoms with van der Waals surface area (Å²) < 4.78 is 20.1. The molecule has 9 nitrogen and oxygen atoms in total. The summed E-state index contributed by atoms with van der Waals surface area (Å²) in [6.45, 7) is 3.37. The van der Waals surface area contributed by atoms with Crippen LogP contribution in [0.15, 0.2) is 54.6 Å². The molecule has 1 atom stereocenters. The SMILES string of the molecule is COc1ccc([C@@]2(C)NC(=O)N(NC(=O)c3cc4c(C)nn(-c5ccc(F)cc5)c4s3)C2=O)cc1. The number of hydrazine groups is 1. The van der Waals surface area contributed by atoms with Crippen LogP contribution < -0.4 is 15.5 Å². The average Bonchev–Trinajstić information content (AvgIpc) is 3.48. The first-order valence-corrected chi connectivity index (χ1v) is 11.4. The topological polar surface area (TPSA) is 106 Å². The Balaban J connectivity index is 1.40. The number of amides is 4. The van der Waals surface area contributed by atoms with Gasteiger partial charge in [0.15, 0.2) is 0 Å². The van der Waals surface area contributed by atoms with Crippen LogP contribution in [0, 0.1) is 12.7 Å². The molecule has 0 unspecified atom stereocenters. The number of aryl methyl sites for hydroxylation is 1. The highest BCUT2D eigenvalue weighted by Crippen LogP contribution is 2.32. The number of fused-ring (bicyclic) bond motifs is 1. The molecule has 1 aliphatic heterocycles. The van der Waals surface area contributed by atoms with Crippen LogP contribution in [0.2, 0.25) is 0 Å². The first kappa shape index (κ1) is 22.5. The number of rotatable bonds is 5. The van der Waals surface area contributed by atoms with E-state index in [1.54, 1.807) is 61.0 Å². The number of hydrogen-bond acceptors (Lipinski definition) is 6. The Labute approximate surface area is 203 Å². The Hall–Kier alpha value is -4.25. The van der Waals surface area contributed by atoms with Crippen molar-refractivity contribution in [3.8, 4) is 11.4 Å². The predicted octanol–water partition coefficient (Wildman–Crippen LogP) is 3.66. The molecule has 2 aromatic carbocycles. The minimum absolute atomic E-state index is 0.287. The molecule has 11 heteroatoms. The number of urea groups is 1. The van der Waals surface area contributed by atoms with E-state index < -0.39 is 23.4 Å². The third-order valence-electron chi connectivity index (χ3n) is 5.91. The van der Waals surface area contributed by atoms with Gasteiger partial charge in [0.25, 0.3) is 11.8 Å². The Morgan fingerprint density at radius 3 is 2.49 bits per heavy atom. The fraction of sp³-hybridized carbons (Fsp3) is 0.167. The van der Waals surface area contributed by atoms with Crippen LogP contribution in [0.4, 0.5) is 9.18 Å². The van der Waals surface area contributed by atoms with E-state index in [-0.39, 0.29) is 10.7 Å². The molecule has 0 saturated carbocycles. The largest absolute Gasteiger partial charge is 0.497 e. The van der Waals surface area contributed by atoms with Gasteiger partial charge in [-0.3, -0.25) is 15.0 Å². The van der Waals surface area contributed by atoms with Crippen molar-refractivity contribution in [2.24, 2.45) is 0 Å². The second kappa shape index (κ2) is 8.20. The number of nitrogens with one attached hydrogen (secondary N) is 2. The van der Waals surface area contributed by atoms with Crippen molar-refractivity contribution in [2.45, 2.75) is 19.4 Å². The van der Waals surface area contributed by atoms with Crippen molar-refractivity contribution in [3.05, 3.63) is 76.5 Å². The zero-order chi connectivity index (χ0) is 24.9. The molecule has 3 heterocycles. The number of carbonyl (C=O) groups is 3. The highest BCUT2D eigenvalue weighted by atomic mass is 32.1. The summed E-state index contributed by atoms with van der Waals surface area (Å²) in [6, 6.07) is 13.5.